The van der Waals surface area contributed by atoms with Crippen molar-refractivity contribution in [2.45, 2.75) is 12.3 Å². The van der Waals surface area contributed by atoms with Gasteiger partial charge in [-0.15, -0.1) is 0 Å². The summed E-state index contributed by atoms with van der Waals surface area (Å²) in [6, 6.07) is 0.149. The Labute approximate surface area is 82.1 Å². The van der Waals surface area contributed by atoms with Crippen LogP contribution in [-0.4, -0.2) is 11.7 Å². The summed E-state index contributed by atoms with van der Waals surface area (Å²) in [7, 11) is 0. The van der Waals surface area contributed by atoms with Crippen LogP contribution in [0.15, 0.2) is 12.1 Å². The molecule has 1 rings (SSSR count). The molecule has 1 N–H and O–H groups in total. The largest absolute Gasteiger partial charge is 0.396 e. The molecule has 84 valence electrons. The molecule has 0 aliphatic carbocycles. The van der Waals surface area contributed by atoms with Crippen molar-refractivity contribution in [2.24, 2.45) is 0 Å². The minimum Gasteiger partial charge on any atom is -0.396 e. The van der Waals surface area contributed by atoms with E-state index in [0.717, 1.165) is 0 Å². The average molecular weight is 226 g/mol. The van der Waals surface area contributed by atoms with Gasteiger partial charge < -0.3 is 5.11 Å². The molecule has 1 aromatic rings. The third kappa shape index (κ3) is 2.44. The Bertz CT molecular complexity index is 364. The Kier molecular flexibility index (Phi) is 3.28. The molecule has 1 nitrogen and oxygen atoms in total. The van der Waals surface area contributed by atoms with Crippen LogP contribution in [0.2, 0.25) is 0 Å². The third-order valence-corrected chi connectivity index (χ3v) is 1.83. The highest BCUT2D eigenvalue weighted by molar-refractivity contribution is 5.24. The summed E-state index contributed by atoms with van der Waals surface area (Å²) in [6.07, 6.45) is -1.05. The maximum absolute atomic E-state index is 13.0. The first-order valence-electron chi connectivity index (χ1n) is 4.02. The number of benzene rings is 1. The second kappa shape index (κ2) is 4.14. The fourth-order valence-corrected chi connectivity index (χ4v) is 1.08. The Hall–Kier alpha value is -1.17. The lowest BCUT2D eigenvalue weighted by atomic mass is 10.0. The number of alkyl halides is 2. The molecule has 0 amide bonds. The van der Waals surface area contributed by atoms with Gasteiger partial charge in [0.05, 0.1) is 5.56 Å². The zero-order valence-electron chi connectivity index (χ0n) is 7.41. The van der Waals surface area contributed by atoms with E-state index in [1.165, 1.54) is 0 Å². The van der Waals surface area contributed by atoms with Crippen molar-refractivity contribution in [3.8, 4) is 0 Å². The van der Waals surface area contributed by atoms with Crippen molar-refractivity contribution < 1.29 is 27.1 Å². The molecule has 1 aromatic carbocycles. The standard InChI is InChI=1S/C9H7F5O/c10-6-4-8(12)7(11)3-5(6)9(13,14)1-2-15/h3-4,15H,1-2H2. The average Bonchev–Trinajstić information content (AvgIpc) is 2.11. The van der Waals surface area contributed by atoms with E-state index in [4.69, 9.17) is 5.11 Å². The van der Waals surface area contributed by atoms with Gasteiger partial charge in [0.1, 0.15) is 5.82 Å². The number of hydrogen-bond donors (Lipinski definition) is 1. The second-order valence-corrected chi connectivity index (χ2v) is 2.92. The maximum atomic E-state index is 13.0. The first kappa shape index (κ1) is 11.9. The van der Waals surface area contributed by atoms with Gasteiger partial charge in [-0.2, -0.15) is 0 Å². The molecule has 0 atom stereocenters. The number of rotatable bonds is 3. The van der Waals surface area contributed by atoms with Gasteiger partial charge in [0.2, 0.25) is 0 Å². The Morgan fingerprint density at radius 2 is 1.53 bits per heavy atom. The van der Waals surface area contributed by atoms with Gasteiger partial charge in [0, 0.05) is 19.1 Å². The molecule has 0 fully saturated rings. The smallest absolute Gasteiger partial charge is 0.278 e. The van der Waals surface area contributed by atoms with Crippen molar-refractivity contribution >= 4 is 0 Å². The lowest BCUT2D eigenvalue weighted by molar-refractivity contribution is -0.0303. The molecule has 0 saturated heterocycles. The molecule has 0 radical (unpaired) electrons. The minimum absolute atomic E-state index is 0.0515. The predicted molar refractivity (Wildman–Crippen MR) is 41.9 cm³/mol. The zero-order valence-corrected chi connectivity index (χ0v) is 7.41. The van der Waals surface area contributed by atoms with Crippen LogP contribution in [0.5, 0.6) is 0 Å². The Morgan fingerprint density at radius 3 is 2.07 bits per heavy atom. The van der Waals surface area contributed by atoms with Gasteiger partial charge in [-0.25, -0.2) is 22.0 Å². The SMILES string of the molecule is OCCC(F)(F)c1cc(F)c(F)cc1F. The van der Waals surface area contributed by atoms with Gasteiger partial charge in [-0.1, -0.05) is 0 Å². The van der Waals surface area contributed by atoms with E-state index in [0.29, 0.717) is 0 Å². The monoisotopic (exact) mass is 226 g/mol. The molecule has 6 heteroatoms. The molecule has 0 bridgehead atoms. The van der Waals surface area contributed by atoms with Crippen LogP contribution >= 0.6 is 0 Å². The normalized spacial score (nSPS) is 11.9. The van der Waals surface area contributed by atoms with E-state index in [2.05, 4.69) is 0 Å². The number of aliphatic hydroxyl groups excluding tert-OH is 1. The number of halogens is 5. The van der Waals surface area contributed by atoms with Crippen LogP contribution in [-0.2, 0) is 5.92 Å². The quantitative estimate of drug-likeness (QED) is 0.620. The van der Waals surface area contributed by atoms with Crippen molar-refractivity contribution in [3.63, 3.8) is 0 Å². The fourth-order valence-electron chi connectivity index (χ4n) is 1.08. The summed E-state index contributed by atoms with van der Waals surface area (Å²) in [5.74, 6) is -8.33. The maximum Gasteiger partial charge on any atom is 0.278 e. The van der Waals surface area contributed by atoms with Crippen molar-refractivity contribution in [1.29, 1.82) is 0 Å². The Balaban J connectivity index is 3.19. The molecule has 0 aliphatic rings. The number of aliphatic hydroxyl groups is 1. The molecule has 0 aromatic heterocycles. The van der Waals surface area contributed by atoms with Crippen molar-refractivity contribution in [3.05, 3.63) is 35.1 Å². The van der Waals surface area contributed by atoms with Crippen LogP contribution in [0.25, 0.3) is 0 Å². The van der Waals surface area contributed by atoms with Gasteiger partial charge in [0.25, 0.3) is 5.92 Å². The van der Waals surface area contributed by atoms with E-state index in [-0.39, 0.29) is 12.1 Å². The van der Waals surface area contributed by atoms with Gasteiger partial charge in [-0.05, 0) is 6.07 Å². The summed E-state index contributed by atoms with van der Waals surface area (Å²) >= 11 is 0. The summed E-state index contributed by atoms with van der Waals surface area (Å²) < 4.78 is 64.0. The first-order valence-corrected chi connectivity index (χ1v) is 4.02. The lowest BCUT2D eigenvalue weighted by Crippen LogP contribution is -2.18. The lowest BCUT2D eigenvalue weighted by Gasteiger charge is -2.16. The molecule has 15 heavy (non-hydrogen) atoms. The van der Waals surface area contributed by atoms with Gasteiger partial charge in [-0.3, -0.25) is 0 Å². The first-order chi connectivity index (χ1) is 6.88. The highest BCUT2D eigenvalue weighted by Crippen LogP contribution is 2.34. The van der Waals surface area contributed by atoms with Crippen molar-refractivity contribution in [1.82, 2.24) is 0 Å². The second-order valence-electron chi connectivity index (χ2n) is 2.92. The van der Waals surface area contributed by atoms with Crippen LogP contribution in [0.4, 0.5) is 22.0 Å². The molecule has 0 spiro atoms. The minimum atomic E-state index is -3.71. The highest BCUT2D eigenvalue weighted by Gasteiger charge is 2.34. The molecule has 0 aliphatic heterocycles. The summed E-state index contributed by atoms with van der Waals surface area (Å²) in [4.78, 5) is 0. The van der Waals surface area contributed by atoms with E-state index in [1.54, 1.807) is 0 Å². The van der Waals surface area contributed by atoms with Gasteiger partial charge in [0.15, 0.2) is 11.6 Å². The summed E-state index contributed by atoms with van der Waals surface area (Å²) in [5, 5.41) is 8.31. The van der Waals surface area contributed by atoms with Crippen LogP contribution < -0.4 is 0 Å². The highest BCUT2D eigenvalue weighted by atomic mass is 19.3. The third-order valence-electron chi connectivity index (χ3n) is 1.83. The molecule has 0 unspecified atom stereocenters. The van der Waals surface area contributed by atoms with Crippen LogP contribution in [0.1, 0.15) is 12.0 Å². The van der Waals surface area contributed by atoms with Crippen LogP contribution in [0, 0.1) is 17.5 Å². The van der Waals surface area contributed by atoms with Gasteiger partial charge >= 0.3 is 0 Å². The number of hydrogen-bond acceptors (Lipinski definition) is 1. The van der Waals surface area contributed by atoms with E-state index >= 15 is 0 Å². The van der Waals surface area contributed by atoms with Crippen molar-refractivity contribution in [2.75, 3.05) is 6.61 Å². The molecule has 0 heterocycles. The summed E-state index contributed by atoms with van der Waals surface area (Å²) in [5.41, 5.74) is -1.25. The van der Waals surface area contributed by atoms with Crippen LogP contribution in [0.3, 0.4) is 0 Å². The molecule has 0 saturated carbocycles. The summed E-state index contributed by atoms with van der Waals surface area (Å²) in [6.45, 7) is -0.883. The Morgan fingerprint density at radius 1 is 1.00 bits per heavy atom. The molecular formula is C9H7F5O. The zero-order chi connectivity index (χ0) is 11.6. The van der Waals surface area contributed by atoms with E-state index in [9.17, 15) is 22.0 Å². The molecular weight excluding hydrogens is 219 g/mol. The topological polar surface area (TPSA) is 20.2 Å². The van der Waals surface area contributed by atoms with E-state index in [1.807, 2.05) is 0 Å². The fraction of sp³-hybridized carbons (Fsp3) is 0.333. The predicted octanol–water partition coefficient (Wildman–Crippen LogP) is 2.58. The van der Waals surface area contributed by atoms with E-state index < -0.39 is 42.0 Å².